The minimum Gasteiger partial charge on any atom is -0.434 e. The van der Waals surface area contributed by atoms with E-state index in [2.05, 4.69) is 57.8 Å². The van der Waals surface area contributed by atoms with E-state index in [-0.39, 0.29) is 40.7 Å². The Morgan fingerprint density at radius 1 is 1.17 bits per heavy atom. The number of carbonyl (C=O) groups excluding carboxylic acids is 1. The van der Waals surface area contributed by atoms with E-state index in [0.29, 0.717) is 24.3 Å². The van der Waals surface area contributed by atoms with Crippen molar-refractivity contribution in [2.75, 3.05) is 65.4 Å². The molecule has 1 aromatic heterocycles. The zero-order chi connectivity index (χ0) is 30.6. The summed E-state index contributed by atoms with van der Waals surface area (Å²) in [6.07, 6.45) is 3.66. The van der Waals surface area contributed by atoms with Crippen molar-refractivity contribution in [3.63, 3.8) is 0 Å². The average Bonchev–Trinajstić information content (AvgIpc) is 3.37. The van der Waals surface area contributed by atoms with E-state index < -0.39 is 5.82 Å². The van der Waals surface area contributed by atoms with E-state index in [1.165, 1.54) is 24.5 Å². The molecule has 3 heterocycles. The number of anilines is 1. The topological polar surface area (TPSA) is 87.2 Å². The number of amides is 1. The molecule has 2 aromatic rings. The van der Waals surface area contributed by atoms with Gasteiger partial charge in [0.05, 0.1) is 11.7 Å². The molecule has 2 atom stereocenters. The smallest absolute Gasteiger partial charge is 0.282 e. The zero-order valence-corrected chi connectivity index (χ0v) is 26.5. The Hall–Kier alpha value is -2.89. The molecule has 42 heavy (non-hydrogen) atoms. The molecule has 0 bridgehead atoms. The van der Waals surface area contributed by atoms with Crippen LogP contribution in [0.15, 0.2) is 24.5 Å². The summed E-state index contributed by atoms with van der Waals surface area (Å²) in [6.45, 7) is 15.5. The molecule has 0 saturated carbocycles. The number of likely N-dealkylation sites (N-methyl/N-ethyl adjacent to an activating group) is 1. The van der Waals surface area contributed by atoms with Crippen molar-refractivity contribution >= 4 is 11.7 Å². The van der Waals surface area contributed by atoms with Crippen LogP contribution in [-0.4, -0.2) is 114 Å². The van der Waals surface area contributed by atoms with Crippen LogP contribution in [0.5, 0.6) is 11.6 Å². The molecule has 0 unspecified atom stereocenters. The number of ether oxygens (including phenoxy) is 2. The number of hydrogen-bond donors (Lipinski definition) is 0. The molecule has 10 nitrogen and oxygen atoms in total. The lowest BCUT2D eigenvalue weighted by Crippen LogP contribution is -2.62. The van der Waals surface area contributed by atoms with Crippen molar-refractivity contribution in [3.8, 4) is 11.6 Å². The van der Waals surface area contributed by atoms with Gasteiger partial charge in [0, 0.05) is 63.9 Å². The third kappa shape index (κ3) is 7.18. The fourth-order valence-electron chi connectivity index (χ4n) is 6.49. The van der Waals surface area contributed by atoms with Gasteiger partial charge in [-0.1, -0.05) is 13.8 Å². The van der Waals surface area contributed by atoms with E-state index >= 15 is 0 Å². The maximum atomic E-state index is 14.3. The summed E-state index contributed by atoms with van der Waals surface area (Å²) in [5.74, 6) is 0.764. The molecule has 2 aliphatic rings. The Bertz CT molecular complexity index is 1200. The molecule has 11 heteroatoms. The fourth-order valence-corrected chi connectivity index (χ4v) is 6.49. The largest absolute Gasteiger partial charge is 0.434 e. The summed E-state index contributed by atoms with van der Waals surface area (Å²) in [5.41, 5.74) is 0.327. The molecule has 2 fully saturated rings. The highest BCUT2D eigenvalue weighted by Gasteiger charge is 2.50. The van der Waals surface area contributed by atoms with E-state index in [9.17, 15) is 9.18 Å². The molecule has 0 aliphatic carbocycles. The molecule has 2 aliphatic heterocycles. The van der Waals surface area contributed by atoms with Crippen molar-refractivity contribution in [2.45, 2.75) is 65.6 Å². The number of methoxy groups -OCH3 is 1. The molecular weight excluding hydrogens is 537 g/mol. The van der Waals surface area contributed by atoms with Crippen LogP contribution in [0.1, 0.15) is 57.8 Å². The van der Waals surface area contributed by atoms with Crippen LogP contribution < -0.4 is 9.64 Å². The van der Waals surface area contributed by atoms with Gasteiger partial charge in [0.15, 0.2) is 5.82 Å². The monoisotopic (exact) mass is 585 g/mol. The number of carbonyl (C=O) groups is 1. The average molecular weight is 586 g/mol. The lowest BCUT2D eigenvalue weighted by atomic mass is 9.76. The van der Waals surface area contributed by atoms with Crippen LogP contribution in [0.25, 0.3) is 0 Å². The summed E-state index contributed by atoms with van der Waals surface area (Å²) in [6, 6.07) is 4.39. The highest BCUT2D eigenvalue weighted by Crippen LogP contribution is 2.44. The van der Waals surface area contributed by atoms with Crippen LogP contribution in [0.3, 0.4) is 0 Å². The maximum absolute atomic E-state index is 14.3. The first-order valence-corrected chi connectivity index (χ1v) is 15.1. The van der Waals surface area contributed by atoms with E-state index in [4.69, 9.17) is 9.47 Å². The predicted octanol–water partition coefficient (Wildman–Crippen LogP) is 4.18. The molecule has 232 valence electrons. The summed E-state index contributed by atoms with van der Waals surface area (Å²) < 4.78 is 26.3. The van der Waals surface area contributed by atoms with Crippen molar-refractivity contribution in [1.82, 2.24) is 29.9 Å². The van der Waals surface area contributed by atoms with Crippen molar-refractivity contribution in [3.05, 3.63) is 35.9 Å². The van der Waals surface area contributed by atoms with Gasteiger partial charge in [0.1, 0.15) is 17.9 Å². The predicted molar refractivity (Wildman–Crippen MR) is 162 cm³/mol. The third-order valence-corrected chi connectivity index (χ3v) is 8.63. The second-order valence-electron chi connectivity index (χ2n) is 12.8. The Labute approximate surface area is 250 Å². The van der Waals surface area contributed by atoms with E-state index in [1.807, 2.05) is 27.9 Å². The third-order valence-electron chi connectivity index (χ3n) is 8.63. The lowest BCUT2D eigenvalue weighted by molar-refractivity contribution is -0.0529. The Balaban J connectivity index is 1.48. The highest BCUT2D eigenvalue weighted by atomic mass is 19.1. The molecule has 1 aromatic carbocycles. The number of halogens is 1. The van der Waals surface area contributed by atoms with Crippen LogP contribution >= 0.6 is 0 Å². The SMILES string of the molecule is CCN(C(=O)c1cc(F)ccc1Oc1nncnc1N1CCC2(C1)CN([C@@H](C[C@@H](CN(C)C)OC)C(C)C)C2)C(C)C. The van der Waals surface area contributed by atoms with Crippen LogP contribution in [0, 0.1) is 17.2 Å². The number of nitrogens with zero attached hydrogens (tertiary/aromatic N) is 7. The summed E-state index contributed by atoms with van der Waals surface area (Å²) in [7, 11) is 5.98. The first-order chi connectivity index (χ1) is 20.0. The first-order valence-electron chi connectivity index (χ1n) is 15.1. The van der Waals surface area contributed by atoms with Gasteiger partial charge in [-0.15, -0.1) is 10.2 Å². The standard InChI is InChI=1S/C31H48FN7O3/c1-9-39(22(4)5)30(40)25-14-23(32)10-11-27(25)42-29-28(33-20-34-35-29)37-13-12-31(17-37)18-38(19-31)26(21(2)3)15-24(41-8)16-36(6)7/h10-11,14,20-22,24,26H,9,12-13,15-19H2,1-8H3/t24-,26-/m0/s1. The Morgan fingerprint density at radius 3 is 2.52 bits per heavy atom. The van der Waals surface area contributed by atoms with Gasteiger partial charge in [-0.3, -0.25) is 9.69 Å². The van der Waals surface area contributed by atoms with Gasteiger partial charge < -0.3 is 24.2 Å². The number of rotatable bonds is 13. The van der Waals surface area contributed by atoms with Crippen molar-refractivity contribution in [2.24, 2.45) is 11.3 Å². The van der Waals surface area contributed by atoms with Crippen LogP contribution in [0.4, 0.5) is 10.2 Å². The number of likely N-dealkylation sites (tertiary alicyclic amines) is 1. The summed E-state index contributed by atoms with van der Waals surface area (Å²) in [4.78, 5) is 26.5. The molecular formula is C31H48FN7O3. The number of hydrogen-bond acceptors (Lipinski definition) is 9. The van der Waals surface area contributed by atoms with Crippen LogP contribution in [0.2, 0.25) is 0 Å². The lowest BCUT2D eigenvalue weighted by Gasteiger charge is -2.53. The number of benzene rings is 1. The van der Waals surface area contributed by atoms with E-state index in [1.54, 1.807) is 4.90 Å². The quantitative estimate of drug-likeness (QED) is 0.344. The normalized spacial score (nSPS) is 18.1. The minimum atomic E-state index is -0.503. The highest BCUT2D eigenvalue weighted by molar-refractivity contribution is 5.97. The Morgan fingerprint density at radius 2 is 1.90 bits per heavy atom. The maximum Gasteiger partial charge on any atom is 0.282 e. The molecule has 1 spiro atoms. The number of aromatic nitrogens is 3. The summed E-state index contributed by atoms with van der Waals surface area (Å²) in [5, 5.41) is 8.20. The van der Waals surface area contributed by atoms with Gasteiger partial charge in [-0.05, 0) is 71.8 Å². The van der Waals surface area contributed by atoms with Crippen LogP contribution in [-0.2, 0) is 4.74 Å². The second-order valence-corrected chi connectivity index (χ2v) is 12.8. The molecule has 1 amide bonds. The summed E-state index contributed by atoms with van der Waals surface area (Å²) >= 11 is 0. The molecule has 4 rings (SSSR count). The van der Waals surface area contributed by atoms with Gasteiger partial charge in [-0.2, -0.15) is 0 Å². The molecule has 0 N–H and O–H groups in total. The van der Waals surface area contributed by atoms with Crippen molar-refractivity contribution in [1.29, 1.82) is 0 Å². The first kappa shape index (κ1) is 32.0. The van der Waals surface area contributed by atoms with Gasteiger partial charge in [0.2, 0.25) is 0 Å². The van der Waals surface area contributed by atoms with Gasteiger partial charge in [-0.25, -0.2) is 9.37 Å². The van der Waals surface area contributed by atoms with Crippen molar-refractivity contribution < 1.29 is 18.7 Å². The second kappa shape index (κ2) is 13.6. The van der Waals surface area contributed by atoms with Gasteiger partial charge in [0.25, 0.3) is 11.8 Å². The fraction of sp³-hybridized carbons (Fsp3) is 0.677. The molecule has 0 radical (unpaired) electrons. The molecule has 2 saturated heterocycles. The van der Waals surface area contributed by atoms with E-state index in [0.717, 1.165) is 45.6 Å². The Kier molecular flexibility index (Phi) is 10.4. The van der Waals surface area contributed by atoms with Gasteiger partial charge >= 0.3 is 0 Å². The minimum absolute atomic E-state index is 0.0427. The zero-order valence-electron chi connectivity index (χ0n) is 26.5.